The Morgan fingerprint density at radius 3 is 2.62 bits per heavy atom. The van der Waals surface area contributed by atoms with Crippen molar-refractivity contribution in [1.29, 1.82) is 0 Å². The van der Waals surface area contributed by atoms with E-state index in [-0.39, 0.29) is 11.9 Å². The summed E-state index contributed by atoms with van der Waals surface area (Å²) in [6.45, 7) is 7.63. The summed E-state index contributed by atoms with van der Waals surface area (Å²) < 4.78 is 5.27. The first-order valence-corrected chi connectivity index (χ1v) is 6.31. The summed E-state index contributed by atoms with van der Waals surface area (Å²) in [5.41, 5.74) is 0. The molecule has 1 rings (SSSR count). The highest BCUT2D eigenvalue weighted by molar-refractivity contribution is 5.81. The van der Waals surface area contributed by atoms with E-state index in [1.165, 1.54) is 0 Å². The fraction of sp³-hybridized carbons (Fsp3) is 0.917. The zero-order valence-corrected chi connectivity index (χ0v) is 10.6. The van der Waals surface area contributed by atoms with Crippen LogP contribution in [0.5, 0.6) is 0 Å². The molecule has 2 atom stereocenters. The van der Waals surface area contributed by atoms with Crippen LogP contribution in [0.15, 0.2) is 0 Å². The molecule has 0 radical (unpaired) electrons. The van der Waals surface area contributed by atoms with Crippen LogP contribution < -0.4 is 10.6 Å². The lowest BCUT2D eigenvalue weighted by atomic mass is 10.1. The van der Waals surface area contributed by atoms with E-state index < -0.39 is 0 Å². The van der Waals surface area contributed by atoms with Crippen LogP contribution in [0.3, 0.4) is 0 Å². The smallest absolute Gasteiger partial charge is 0.237 e. The molecule has 1 saturated heterocycles. The van der Waals surface area contributed by atoms with Crippen LogP contribution >= 0.6 is 0 Å². The van der Waals surface area contributed by atoms with Gasteiger partial charge in [0.1, 0.15) is 0 Å². The highest BCUT2D eigenvalue weighted by Gasteiger charge is 2.22. The lowest BCUT2D eigenvalue weighted by Gasteiger charge is -2.21. The molecule has 0 aromatic carbocycles. The molecule has 2 unspecified atom stereocenters. The van der Waals surface area contributed by atoms with Gasteiger partial charge in [-0.3, -0.25) is 4.79 Å². The minimum atomic E-state index is -0.132. The average molecular weight is 228 g/mol. The average Bonchev–Trinajstić information content (AvgIpc) is 2.78. The third kappa shape index (κ3) is 4.10. The summed E-state index contributed by atoms with van der Waals surface area (Å²) in [4.78, 5) is 11.8. The number of carbonyl (C=O) groups is 1. The quantitative estimate of drug-likeness (QED) is 0.714. The molecular weight excluding hydrogens is 204 g/mol. The molecule has 0 bridgehead atoms. The Kier molecular flexibility index (Phi) is 5.77. The Bertz CT molecular complexity index is 211. The molecule has 16 heavy (non-hydrogen) atoms. The first kappa shape index (κ1) is 13.5. The van der Waals surface area contributed by atoms with Gasteiger partial charge in [-0.2, -0.15) is 0 Å². The first-order chi connectivity index (χ1) is 7.67. The number of amides is 1. The van der Waals surface area contributed by atoms with Crippen molar-refractivity contribution in [3.8, 4) is 0 Å². The van der Waals surface area contributed by atoms with Crippen LogP contribution in [0.2, 0.25) is 0 Å². The highest BCUT2D eigenvalue weighted by atomic mass is 16.5. The maximum Gasteiger partial charge on any atom is 0.237 e. The Morgan fingerprint density at radius 1 is 1.44 bits per heavy atom. The van der Waals surface area contributed by atoms with Crippen molar-refractivity contribution in [2.75, 3.05) is 13.2 Å². The fourth-order valence-electron chi connectivity index (χ4n) is 1.91. The minimum Gasteiger partial charge on any atom is -0.380 e. The number of rotatable bonds is 6. The van der Waals surface area contributed by atoms with Crippen molar-refractivity contribution in [3.05, 3.63) is 0 Å². The van der Waals surface area contributed by atoms with Crippen LogP contribution in [-0.4, -0.2) is 37.2 Å². The number of carbonyl (C=O) groups excluding carboxylic acids is 1. The maximum atomic E-state index is 11.8. The van der Waals surface area contributed by atoms with Crippen LogP contribution in [-0.2, 0) is 9.53 Å². The molecule has 2 N–H and O–H groups in total. The van der Waals surface area contributed by atoms with Gasteiger partial charge in [-0.25, -0.2) is 0 Å². The molecule has 0 aliphatic carbocycles. The van der Waals surface area contributed by atoms with E-state index in [0.717, 1.165) is 32.5 Å². The molecule has 1 aliphatic heterocycles. The number of hydrogen-bond acceptors (Lipinski definition) is 3. The summed E-state index contributed by atoms with van der Waals surface area (Å²) in [5.74, 6) is 0.0978. The van der Waals surface area contributed by atoms with Crippen LogP contribution in [0.1, 0.15) is 40.0 Å². The zero-order valence-electron chi connectivity index (χ0n) is 10.6. The highest BCUT2D eigenvalue weighted by Crippen LogP contribution is 2.05. The third-order valence-electron chi connectivity index (χ3n) is 3.14. The molecule has 1 amide bonds. The molecule has 4 nitrogen and oxygen atoms in total. The molecule has 0 aromatic rings. The largest absolute Gasteiger partial charge is 0.380 e. The second-order valence-electron chi connectivity index (χ2n) is 4.47. The first-order valence-electron chi connectivity index (χ1n) is 6.31. The molecule has 1 aliphatic rings. The maximum absolute atomic E-state index is 11.8. The molecule has 0 aromatic heterocycles. The van der Waals surface area contributed by atoms with E-state index in [1.54, 1.807) is 0 Å². The van der Waals surface area contributed by atoms with Crippen molar-refractivity contribution in [2.45, 2.75) is 58.2 Å². The van der Waals surface area contributed by atoms with Crippen LogP contribution in [0, 0.1) is 0 Å². The van der Waals surface area contributed by atoms with Gasteiger partial charge < -0.3 is 15.4 Å². The third-order valence-corrected chi connectivity index (χ3v) is 3.14. The van der Waals surface area contributed by atoms with Gasteiger partial charge in [0.2, 0.25) is 5.91 Å². The van der Waals surface area contributed by atoms with Gasteiger partial charge >= 0.3 is 0 Å². The lowest BCUT2D eigenvalue weighted by Crippen LogP contribution is -2.49. The Labute approximate surface area is 98.1 Å². The van der Waals surface area contributed by atoms with Crippen molar-refractivity contribution >= 4 is 5.91 Å². The molecule has 94 valence electrons. The molecule has 1 fully saturated rings. The van der Waals surface area contributed by atoms with Crippen LogP contribution in [0.4, 0.5) is 0 Å². The lowest BCUT2D eigenvalue weighted by molar-refractivity contribution is -0.123. The Balaban J connectivity index is 2.28. The van der Waals surface area contributed by atoms with Crippen molar-refractivity contribution in [2.24, 2.45) is 0 Å². The number of nitrogens with one attached hydrogen (secondary N) is 2. The van der Waals surface area contributed by atoms with Crippen molar-refractivity contribution in [1.82, 2.24) is 10.6 Å². The topological polar surface area (TPSA) is 50.4 Å². The Morgan fingerprint density at radius 2 is 2.12 bits per heavy atom. The summed E-state index contributed by atoms with van der Waals surface area (Å²) in [7, 11) is 0. The van der Waals surface area contributed by atoms with E-state index in [2.05, 4.69) is 24.5 Å². The molecule has 0 saturated carbocycles. The molecule has 1 heterocycles. The van der Waals surface area contributed by atoms with Gasteiger partial charge in [-0.1, -0.05) is 13.8 Å². The summed E-state index contributed by atoms with van der Waals surface area (Å²) in [5, 5.41) is 6.34. The predicted molar refractivity (Wildman–Crippen MR) is 64.3 cm³/mol. The predicted octanol–water partition coefficient (Wildman–Crippen LogP) is 1.06. The SMILES string of the molecule is CCC(CC)NC(=O)C(C)NC1CCOC1. The van der Waals surface area contributed by atoms with Gasteiger partial charge in [-0.05, 0) is 26.2 Å². The fourth-order valence-corrected chi connectivity index (χ4v) is 1.91. The molecular formula is C12H24N2O2. The minimum absolute atomic E-state index is 0.0978. The normalized spacial score (nSPS) is 22.4. The number of ether oxygens (including phenoxy) is 1. The van der Waals surface area contributed by atoms with Crippen LogP contribution in [0.25, 0.3) is 0 Å². The van der Waals surface area contributed by atoms with Gasteiger partial charge in [0.25, 0.3) is 0 Å². The summed E-state index contributed by atoms with van der Waals surface area (Å²) >= 11 is 0. The molecule has 4 heteroatoms. The number of hydrogen-bond donors (Lipinski definition) is 2. The molecule has 0 spiro atoms. The monoisotopic (exact) mass is 228 g/mol. The summed E-state index contributed by atoms with van der Waals surface area (Å²) in [6.07, 6.45) is 2.98. The van der Waals surface area contributed by atoms with Gasteiger partial charge in [0, 0.05) is 18.7 Å². The zero-order chi connectivity index (χ0) is 12.0. The van der Waals surface area contributed by atoms with Gasteiger partial charge in [0.15, 0.2) is 0 Å². The van der Waals surface area contributed by atoms with E-state index >= 15 is 0 Å². The van der Waals surface area contributed by atoms with Gasteiger partial charge in [0.05, 0.1) is 12.6 Å². The van der Waals surface area contributed by atoms with Crippen molar-refractivity contribution in [3.63, 3.8) is 0 Å². The Hall–Kier alpha value is -0.610. The second kappa shape index (κ2) is 6.86. The second-order valence-corrected chi connectivity index (χ2v) is 4.47. The standard InChI is InChI=1S/C12H24N2O2/c1-4-10(5-2)14-12(15)9(3)13-11-6-7-16-8-11/h9-11,13H,4-8H2,1-3H3,(H,14,15). The van der Waals surface area contributed by atoms with E-state index in [9.17, 15) is 4.79 Å². The summed E-state index contributed by atoms with van der Waals surface area (Å²) in [6, 6.07) is 0.506. The van der Waals surface area contributed by atoms with E-state index in [4.69, 9.17) is 4.74 Å². The van der Waals surface area contributed by atoms with Crippen molar-refractivity contribution < 1.29 is 9.53 Å². The van der Waals surface area contributed by atoms with E-state index in [0.29, 0.717) is 12.1 Å². The van der Waals surface area contributed by atoms with E-state index in [1.807, 2.05) is 6.92 Å². The van der Waals surface area contributed by atoms with Gasteiger partial charge in [-0.15, -0.1) is 0 Å².